The Morgan fingerprint density at radius 2 is 2.17 bits per heavy atom. The Labute approximate surface area is 71.5 Å². The minimum absolute atomic E-state index is 0.441. The number of rotatable bonds is 0. The van der Waals surface area contributed by atoms with Gasteiger partial charge in [0.1, 0.15) is 13.3 Å². The molecule has 0 spiro atoms. The van der Waals surface area contributed by atoms with Gasteiger partial charge in [-0.25, -0.2) is 0 Å². The second-order valence-corrected chi connectivity index (χ2v) is 4.82. The quantitative estimate of drug-likeness (QED) is 0.628. The minimum Gasteiger partial charge on any atom is -0.287 e. The summed E-state index contributed by atoms with van der Waals surface area (Å²) in [7, 11) is -2.57. The molecule has 12 heavy (non-hydrogen) atoms. The van der Waals surface area contributed by atoms with Gasteiger partial charge in [-0.15, -0.1) is 0 Å². The number of hydrogen-bond acceptors (Lipinski definition) is 3. The fourth-order valence-electron chi connectivity index (χ4n) is 1.11. The summed E-state index contributed by atoms with van der Waals surface area (Å²) in [5.74, 6) is 0.738. The molecule has 0 saturated carbocycles. The molecule has 0 radical (unpaired) electrons. The zero-order valence-electron chi connectivity index (χ0n) is 6.73. The van der Waals surface area contributed by atoms with Crippen LogP contribution in [-0.2, 0) is 11.1 Å². The van der Waals surface area contributed by atoms with Crippen LogP contribution in [0.1, 0.15) is 5.56 Å². The maximum Gasteiger partial charge on any atom is 0.451 e. The summed E-state index contributed by atoms with van der Waals surface area (Å²) in [5, 5.41) is 0. The highest BCUT2D eigenvalue weighted by molar-refractivity contribution is 7.60. The normalized spacial score (nSPS) is 27.5. The smallest absolute Gasteiger partial charge is 0.287 e. The van der Waals surface area contributed by atoms with Crippen LogP contribution in [0.25, 0.3) is 0 Å². The minimum atomic E-state index is -2.57. The predicted molar refractivity (Wildman–Crippen MR) is 46.9 cm³/mol. The summed E-state index contributed by atoms with van der Waals surface area (Å²) in [5.41, 5.74) is 0.990. The third kappa shape index (κ3) is 1.44. The van der Waals surface area contributed by atoms with Gasteiger partial charge in [-0.2, -0.15) is 9.42 Å². The van der Waals surface area contributed by atoms with Crippen molar-refractivity contribution >= 4 is 7.94 Å². The molecule has 1 aliphatic rings. The Morgan fingerprint density at radius 1 is 1.42 bits per heavy atom. The topological polar surface area (TPSA) is 38.7 Å². The van der Waals surface area contributed by atoms with E-state index in [0.29, 0.717) is 6.61 Å². The van der Waals surface area contributed by atoms with Gasteiger partial charge in [0.25, 0.3) is 0 Å². The Morgan fingerprint density at radius 3 is 3.00 bits per heavy atom. The van der Waals surface area contributed by atoms with Crippen molar-refractivity contribution in [1.82, 2.24) is 0 Å². The molecule has 0 fully saturated rings. The average molecular weight is 185 g/mol. The predicted octanol–water partition coefficient (Wildman–Crippen LogP) is 1.98. The molecule has 1 unspecified atom stereocenters. The highest BCUT2D eigenvalue weighted by Gasteiger charge is 2.39. The molecule has 4 heteroatoms. The lowest BCUT2D eigenvalue weighted by Crippen LogP contribution is -2.10. The van der Waals surface area contributed by atoms with Crippen LogP contribution in [0.3, 0.4) is 0 Å². The lowest BCUT2D eigenvalue weighted by Gasteiger charge is -2.19. The molecule has 0 saturated heterocycles. The van der Waals surface area contributed by atoms with Crippen molar-refractivity contribution in [2.45, 2.75) is 6.61 Å². The number of para-hydroxylation sites is 1. The molecular formula is C8H10O3P+. The summed E-state index contributed by atoms with van der Waals surface area (Å²) >= 11 is 0. The second-order valence-electron chi connectivity index (χ2n) is 2.78. The Bertz CT molecular complexity index is 298. The van der Waals surface area contributed by atoms with Crippen LogP contribution in [0.5, 0.6) is 5.75 Å². The van der Waals surface area contributed by atoms with Crippen LogP contribution in [0.15, 0.2) is 24.3 Å². The van der Waals surface area contributed by atoms with Gasteiger partial charge < -0.3 is 0 Å². The summed E-state index contributed by atoms with van der Waals surface area (Å²) < 4.78 is 10.4. The maximum atomic E-state index is 9.49. The molecule has 1 aliphatic heterocycles. The van der Waals surface area contributed by atoms with E-state index in [-0.39, 0.29) is 0 Å². The molecule has 1 aromatic rings. The average Bonchev–Trinajstić information content (AvgIpc) is 2.02. The summed E-state index contributed by atoms with van der Waals surface area (Å²) in [6.07, 6.45) is 0. The molecule has 3 nitrogen and oxygen atoms in total. The van der Waals surface area contributed by atoms with Crippen LogP contribution in [0.4, 0.5) is 0 Å². The number of fused-ring (bicyclic) bond motifs is 1. The lowest BCUT2D eigenvalue weighted by atomic mass is 10.2. The monoisotopic (exact) mass is 185 g/mol. The van der Waals surface area contributed by atoms with Crippen LogP contribution in [0, 0.1) is 0 Å². The number of hydrogen-bond donors (Lipinski definition) is 1. The van der Waals surface area contributed by atoms with Crippen LogP contribution in [-0.4, -0.2) is 11.6 Å². The van der Waals surface area contributed by atoms with Gasteiger partial charge >= 0.3 is 7.94 Å². The van der Waals surface area contributed by atoms with E-state index in [9.17, 15) is 4.89 Å². The van der Waals surface area contributed by atoms with Gasteiger partial charge in [0.05, 0.1) is 0 Å². The summed E-state index contributed by atoms with van der Waals surface area (Å²) in [6.45, 7) is 2.03. The molecule has 1 aromatic carbocycles. The molecule has 2 rings (SSSR count). The maximum absolute atomic E-state index is 9.49. The first-order valence-corrected chi connectivity index (χ1v) is 5.71. The van der Waals surface area contributed by atoms with Gasteiger partial charge in [-0.1, -0.05) is 18.2 Å². The van der Waals surface area contributed by atoms with Crippen molar-refractivity contribution in [2.75, 3.05) is 6.66 Å². The van der Waals surface area contributed by atoms with E-state index < -0.39 is 7.94 Å². The molecule has 0 bridgehead atoms. The van der Waals surface area contributed by atoms with Crippen molar-refractivity contribution in [3.63, 3.8) is 0 Å². The third-order valence-corrected chi connectivity index (χ3v) is 2.84. The van der Waals surface area contributed by atoms with Crippen LogP contribution < -0.4 is 4.52 Å². The van der Waals surface area contributed by atoms with Gasteiger partial charge in [-0.05, 0) is 6.07 Å². The third-order valence-electron chi connectivity index (χ3n) is 1.70. The van der Waals surface area contributed by atoms with Crippen molar-refractivity contribution in [3.8, 4) is 5.75 Å². The molecule has 0 aromatic heterocycles. The van der Waals surface area contributed by atoms with Crippen molar-refractivity contribution in [1.29, 1.82) is 0 Å². The summed E-state index contributed by atoms with van der Waals surface area (Å²) in [6, 6.07) is 7.56. The first kappa shape index (κ1) is 7.99. The molecule has 1 heterocycles. The first-order chi connectivity index (χ1) is 5.67. The van der Waals surface area contributed by atoms with E-state index in [4.69, 9.17) is 9.05 Å². The van der Waals surface area contributed by atoms with Crippen molar-refractivity contribution in [3.05, 3.63) is 29.8 Å². The van der Waals surface area contributed by atoms with Crippen LogP contribution >= 0.6 is 7.94 Å². The van der Waals surface area contributed by atoms with E-state index in [2.05, 4.69) is 0 Å². The van der Waals surface area contributed by atoms with Crippen molar-refractivity contribution < 1.29 is 13.9 Å². The van der Waals surface area contributed by atoms with Gasteiger partial charge in [0, 0.05) is 5.56 Å². The summed E-state index contributed by atoms with van der Waals surface area (Å²) in [4.78, 5) is 9.49. The molecular weight excluding hydrogens is 175 g/mol. The van der Waals surface area contributed by atoms with Crippen molar-refractivity contribution in [2.24, 2.45) is 0 Å². The Hall–Kier alpha value is -0.630. The van der Waals surface area contributed by atoms with E-state index in [1.165, 1.54) is 0 Å². The molecule has 0 amide bonds. The fraction of sp³-hybridized carbons (Fsp3) is 0.250. The highest BCUT2D eigenvalue weighted by atomic mass is 31.2. The molecule has 1 N–H and O–H groups in total. The van der Waals surface area contributed by atoms with Gasteiger partial charge in [0.2, 0.25) is 0 Å². The fourth-order valence-corrected chi connectivity index (χ4v) is 2.08. The van der Waals surface area contributed by atoms with Gasteiger partial charge in [-0.3, -0.25) is 4.52 Å². The van der Waals surface area contributed by atoms with E-state index in [0.717, 1.165) is 11.3 Å². The Kier molecular flexibility index (Phi) is 1.80. The Balaban J connectivity index is 2.35. The largest absolute Gasteiger partial charge is 0.451 e. The van der Waals surface area contributed by atoms with E-state index in [1.54, 1.807) is 6.66 Å². The van der Waals surface area contributed by atoms with E-state index in [1.807, 2.05) is 24.3 Å². The standard InChI is InChI=1S/C8H10O3P/c1-12(9)10-6-7-4-2-3-5-8(7)11-12/h2-5,9H,6H2,1H3/q+1. The second kappa shape index (κ2) is 2.70. The molecule has 1 atom stereocenters. The highest BCUT2D eigenvalue weighted by Crippen LogP contribution is 2.57. The van der Waals surface area contributed by atoms with Crippen LogP contribution in [0.2, 0.25) is 0 Å². The first-order valence-electron chi connectivity index (χ1n) is 3.69. The number of benzene rings is 1. The molecule has 64 valence electrons. The van der Waals surface area contributed by atoms with E-state index >= 15 is 0 Å². The zero-order valence-corrected chi connectivity index (χ0v) is 7.62. The van der Waals surface area contributed by atoms with Gasteiger partial charge in [0.15, 0.2) is 5.75 Å². The molecule has 0 aliphatic carbocycles. The zero-order chi connectivity index (χ0) is 8.60. The lowest BCUT2D eigenvalue weighted by molar-refractivity contribution is 0.209. The SMILES string of the molecule is C[P+]1(O)OCc2ccccc2O1.